The van der Waals surface area contributed by atoms with E-state index in [2.05, 4.69) is 26.3 Å². The maximum absolute atomic E-state index is 14.7. The zero-order valence-corrected chi connectivity index (χ0v) is 20.3. The molecule has 1 fully saturated rings. The lowest BCUT2D eigenvalue weighted by Gasteiger charge is -2.22. The summed E-state index contributed by atoms with van der Waals surface area (Å²) in [5, 5.41) is 9.06. The van der Waals surface area contributed by atoms with Gasteiger partial charge in [-0.25, -0.2) is 9.07 Å². The topological polar surface area (TPSA) is 73.2 Å². The Balaban J connectivity index is 1.67. The number of halogens is 3. The van der Waals surface area contributed by atoms with Gasteiger partial charge in [-0.3, -0.25) is 9.59 Å². The number of anilines is 1. The highest BCUT2D eigenvalue weighted by atomic mass is 79.9. The summed E-state index contributed by atoms with van der Waals surface area (Å²) in [6, 6.07) is 11.7. The number of benzene rings is 3. The predicted octanol–water partition coefficient (Wildman–Crippen LogP) is 6.20. The van der Waals surface area contributed by atoms with E-state index >= 15 is 0 Å². The molecular weight excluding hydrogens is 525 g/mol. The van der Waals surface area contributed by atoms with Gasteiger partial charge in [0.15, 0.2) is 11.6 Å². The van der Waals surface area contributed by atoms with Crippen molar-refractivity contribution in [2.75, 3.05) is 17.8 Å². The molecule has 5 rings (SSSR count). The lowest BCUT2D eigenvalue weighted by Crippen LogP contribution is -2.18. The van der Waals surface area contributed by atoms with Gasteiger partial charge in [-0.15, -0.1) is 11.6 Å². The monoisotopic (exact) mass is 543 g/mol. The van der Waals surface area contributed by atoms with Gasteiger partial charge in [-0.1, -0.05) is 40.2 Å². The van der Waals surface area contributed by atoms with Gasteiger partial charge >= 0.3 is 0 Å². The van der Waals surface area contributed by atoms with Crippen molar-refractivity contribution in [3.05, 3.63) is 70.1 Å². The van der Waals surface area contributed by atoms with Crippen LogP contribution in [0.4, 0.5) is 10.1 Å². The van der Waals surface area contributed by atoms with Gasteiger partial charge in [-0.2, -0.15) is 5.10 Å². The lowest BCUT2D eigenvalue weighted by atomic mass is 9.95. The summed E-state index contributed by atoms with van der Waals surface area (Å²) < 4.78 is 22.7. The van der Waals surface area contributed by atoms with Crippen LogP contribution in [0.15, 0.2) is 53.1 Å². The third kappa shape index (κ3) is 4.10. The molecule has 0 aliphatic carbocycles. The van der Waals surface area contributed by atoms with Crippen LogP contribution in [0.3, 0.4) is 0 Å². The first kappa shape index (κ1) is 23.0. The number of nitrogens with zero attached hydrogens (tertiary/aromatic N) is 2. The van der Waals surface area contributed by atoms with Crippen molar-refractivity contribution in [1.29, 1.82) is 0 Å². The molecule has 6 nitrogen and oxygen atoms in total. The molecule has 0 spiro atoms. The van der Waals surface area contributed by atoms with Crippen molar-refractivity contribution >= 4 is 66.6 Å². The molecule has 174 valence electrons. The van der Waals surface area contributed by atoms with Gasteiger partial charge in [-0.05, 0) is 42.8 Å². The number of fused-ring (bicyclic) bond motifs is 2. The van der Waals surface area contributed by atoms with Crippen LogP contribution >= 0.6 is 27.5 Å². The molecule has 9 heteroatoms. The quantitative estimate of drug-likeness (QED) is 0.240. The second-order valence-corrected chi connectivity index (χ2v) is 9.25. The fourth-order valence-electron chi connectivity index (χ4n) is 4.33. The molecule has 1 unspecified atom stereocenters. The van der Waals surface area contributed by atoms with Crippen molar-refractivity contribution < 1.29 is 18.7 Å². The number of ether oxygens (including phenoxy) is 1. The van der Waals surface area contributed by atoms with E-state index in [-0.39, 0.29) is 34.5 Å². The summed E-state index contributed by atoms with van der Waals surface area (Å²) in [7, 11) is 0. The SMILES string of the molecule is O=C(CCl)Nc1c(C(=O)c2ccc(F)c3nn(C4CCCCO4)cc23)cc(Br)c2ccccc12. The Bertz CT molecular complexity index is 1430. The molecule has 0 saturated carbocycles. The molecule has 1 atom stereocenters. The molecule has 34 heavy (non-hydrogen) atoms. The predicted molar refractivity (Wildman–Crippen MR) is 133 cm³/mol. The first-order chi connectivity index (χ1) is 16.5. The molecule has 1 aliphatic rings. The normalized spacial score (nSPS) is 16.1. The Morgan fingerprint density at radius 1 is 1.15 bits per heavy atom. The van der Waals surface area contributed by atoms with E-state index < -0.39 is 11.7 Å². The standard InChI is InChI=1S/C25H20BrClFN3O3/c26-19-11-17(23(29-21(32)12-27)15-6-2-1-5-14(15)19)25(33)16-8-9-20(28)24-18(16)13-31(30-24)22-7-3-4-10-34-22/h1-2,5-6,8-9,11,13,22H,3-4,7,10,12H2,(H,29,32). The van der Waals surface area contributed by atoms with E-state index in [4.69, 9.17) is 16.3 Å². The maximum Gasteiger partial charge on any atom is 0.239 e. The minimum atomic E-state index is -0.517. The van der Waals surface area contributed by atoms with Crippen molar-refractivity contribution in [3.63, 3.8) is 0 Å². The van der Waals surface area contributed by atoms with Crippen molar-refractivity contribution in [1.82, 2.24) is 9.78 Å². The smallest absolute Gasteiger partial charge is 0.239 e. The average molecular weight is 545 g/mol. The summed E-state index contributed by atoms with van der Waals surface area (Å²) in [6.07, 6.45) is 4.10. The lowest BCUT2D eigenvalue weighted by molar-refractivity contribution is -0.113. The first-order valence-electron chi connectivity index (χ1n) is 10.9. The zero-order chi connectivity index (χ0) is 23.8. The molecule has 1 aromatic heterocycles. The largest absolute Gasteiger partial charge is 0.357 e. The maximum atomic E-state index is 14.7. The molecular formula is C25H20BrClFN3O3. The number of rotatable bonds is 5. The number of carbonyl (C=O) groups excluding carboxylic acids is 2. The Hall–Kier alpha value is -2.81. The fraction of sp³-hybridized carbons (Fsp3) is 0.240. The highest BCUT2D eigenvalue weighted by Gasteiger charge is 2.25. The van der Waals surface area contributed by atoms with Gasteiger partial charge in [0.05, 0.1) is 5.69 Å². The Labute approximate surface area is 208 Å². The molecule has 3 aromatic carbocycles. The zero-order valence-electron chi connectivity index (χ0n) is 18.0. The second kappa shape index (κ2) is 9.44. The highest BCUT2D eigenvalue weighted by molar-refractivity contribution is 9.10. The van der Waals surface area contributed by atoms with E-state index in [1.54, 1.807) is 16.9 Å². The third-order valence-electron chi connectivity index (χ3n) is 5.96. The number of ketones is 1. The molecule has 1 saturated heterocycles. The van der Waals surface area contributed by atoms with Crippen LogP contribution in [0.25, 0.3) is 21.7 Å². The van der Waals surface area contributed by atoms with Crippen molar-refractivity contribution in [3.8, 4) is 0 Å². The number of nitrogens with one attached hydrogen (secondary N) is 1. The molecule has 4 aromatic rings. The molecule has 0 bridgehead atoms. The van der Waals surface area contributed by atoms with E-state index in [1.807, 2.05) is 24.3 Å². The number of hydrogen-bond donors (Lipinski definition) is 1. The molecule has 0 radical (unpaired) electrons. The van der Waals surface area contributed by atoms with Crippen LogP contribution < -0.4 is 5.32 Å². The number of alkyl halides is 1. The Morgan fingerprint density at radius 3 is 2.68 bits per heavy atom. The second-order valence-electron chi connectivity index (χ2n) is 8.13. The van der Waals surface area contributed by atoms with Crippen LogP contribution in [0.1, 0.15) is 41.4 Å². The van der Waals surface area contributed by atoms with Crippen molar-refractivity contribution in [2.24, 2.45) is 0 Å². The average Bonchev–Trinajstić information content (AvgIpc) is 3.32. The first-order valence-corrected chi connectivity index (χ1v) is 12.2. The summed E-state index contributed by atoms with van der Waals surface area (Å²) in [6.45, 7) is 0.615. The molecule has 1 aliphatic heterocycles. The van der Waals surface area contributed by atoms with Gasteiger partial charge in [0.2, 0.25) is 5.91 Å². The molecule has 1 N–H and O–H groups in total. The summed E-state index contributed by atoms with van der Waals surface area (Å²) >= 11 is 9.27. The number of carbonyl (C=O) groups is 2. The van der Waals surface area contributed by atoms with Gasteiger partial charge in [0.25, 0.3) is 0 Å². The van der Waals surface area contributed by atoms with Crippen LogP contribution in [0.5, 0.6) is 0 Å². The Kier molecular flexibility index (Phi) is 6.38. The van der Waals surface area contributed by atoms with E-state index in [9.17, 15) is 14.0 Å². The minimum Gasteiger partial charge on any atom is -0.357 e. The summed E-state index contributed by atoms with van der Waals surface area (Å²) in [5.74, 6) is -1.58. The molecule has 1 amide bonds. The van der Waals surface area contributed by atoms with E-state index in [1.165, 1.54) is 12.1 Å². The van der Waals surface area contributed by atoms with Crippen LogP contribution in [-0.4, -0.2) is 34.0 Å². The number of aromatic nitrogens is 2. The van der Waals surface area contributed by atoms with Crippen molar-refractivity contribution in [2.45, 2.75) is 25.5 Å². The fourth-order valence-corrected chi connectivity index (χ4v) is 4.97. The third-order valence-corrected chi connectivity index (χ3v) is 6.86. The van der Waals surface area contributed by atoms with Gasteiger partial charge in [0, 0.05) is 39.2 Å². The van der Waals surface area contributed by atoms with Crippen LogP contribution in [0, 0.1) is 5.82 Å². The van der Waals surface area contributed by atoms with Crippen LogP contribution in [0.2, 0.25) is 0 Å². The van der Waals surface area contributed by atoms with E-state index in [0.717, 1.165) is 24.6 Å². The minimum absolute atomic E-state index is 0.103. The number of hydrogen-bond acceptors (Lipinski definition) is 4. The summed E-state index contributed by atoms with van der Waals surface area (Å²) in [5.41, 5.74) is 1.00. The Morgan fingerprint density at radius 2 is 1.94 bits per heavy atom. The molecule has 2 heterocycles. The summed E-state index contributed by atoms with van der Waals surface area (Å²) in [4.78, 5) is 26.1. The van der Waals surface area contributed by atoms with Gasteiger partial charge < -0.3 is 10.1 Å². The van der Waals surface area contributed by atoms with Crippen LogP contribution in [-0.2, 0) is 9.53 Å². The number of amides is 1. The van der Waals surface area contributed by atoms with Gasteiger partial charge in [0.1, 0.15) is 17.6 Å². The van der Waals surface area contributed by atoms with E-state index in [0.29, 0.717) is 27.5 Å². The highest BCUT2D eigenvalue weighted by Crippen LogP contribution is 2.36.